The van der Waals surface area contributed by atoms with E-state index in [1.165, 1.54) is 0 Å². The van der Waals surface area contributed by atoms with Crippen molar-refractivity contribution >= 4 is 29.1 Å². The molecule has 0 atom stereocenters. The summed E-state index contributed by atoms with van der Waals surface area (Å²) in [5.74, 6) is 0. The van der Waals surface area contributed by atoms with E-state index >= 15 is 0 Å². The maximum atomic E-state index is 12.0. The first-order chi connectivity index (χ1) is 10.8. The summed E-state index contributed by atoms with van der Waals surface area (Å²) in [6.45, 7) is 7.01. The molecule has 0 aliphatic carbocycles. The van der Waals surface area contributed by atoms with Crippen LogP contribution < -0.4 is 10.6 Å². The molecule has 1 amide bonds. The Balaban J connectivity index is 1.74. The van der Waals surface area contributed by atoms with Crippen LogP contribution in [-0.2, 0) is 4.74 Å². The van der Waals surface area contributed by atoms with E-state index in [1.807, 2.05) is 51.1 Å². The Morgan fingerprint density at radius 3 is 2.39 bits per heavy atom. The first-order valence-corrected chi connectivity index (χ1v) is 8.35. The van der Waals surface area contributed by atoms with Gasteiger partial charge in [-0.2, -0.15) is 0 Å². The van der Waals surface area contributed by atoms with Gasteiger partial charge in [-0.05, 0) is 58.0 Å². The van der Waals surface area contributed by atoms with E-state index in [9.17, 15) is 4.79 Å². The summed E-state index contributed by atoms with van der Waals surface area (Å²) in [6, 6.07) is 10.1. The number of carbonyl (C=O) groups is 1. The average Bonchev–Trinajstić information content (AvgIpc) is 2.47. The van der Waals surface area contributed by atoms with Crippen molar-refractivity contribution in [2.24, 2.45) is 0 Å². The molecule has 1 aliphatic rings. The number of benzene rings is 1. The van der Waals surface area contributed by atoms with E-state index in [1.54, 1.807) is 4.90 Å². The fourth-order valence-electron chi connectivity index (χ4n) is 2.41. The van der Waals surface area contributed by atoms with Crippen LogP contribution in [0.1, 0.15) is 33.6 Å². The minimum Gasteiger partial charge on any atom is -0.444 e. The molecular weight excluding hydrogens is 310 g/mol. The summed E-state index contributed by atoms with van der Waals surface area (Å²) in [5.41, 5.74) is 0.518. The minimum absolute atomic E-state index is 0.235. The van der Waals surface area contributed by atoms with E-state index in [2.05, 4.69) is 10.6 Å². The van der Waals surface area contributed by atoms with Crippen LogP contribution in [0.4, 0.5) is 10.5 Å². The van der Waals surface area contributed by atoms with Crippen LogP contribution in [0, 0.1) is 0 Å². The summed E-state index contributed by atoms with van der Waals surface area (Å²) >= 11 is 5.34. The van der Waals surface area contributed by atoms with Gasteiger partial charge in [-0.3, -0.25) is 0 Å². The number of carbonyl (C=O) groups excluding carboxylic acids is 1. The number of likely N-dealkylation sites (tertiary alicyclic amines) is 1. The van der Waals surface area contributed by atoms with E-state index < -0.39 is 5.60 Å². The molecule has 0 spiro atoms. The Bertz CT molecular complexity index is 535. The van der Waals surface area contributed by atoms with Gasteiger partial charge in [0.15, 0.2) is 5.11 Å². The van der Waals surface area contributed by atoms with Crippen molar-refractivity contribution in [3.8, 4) is 0 Å². The van der Waals surface area contributed by atoms with Crippen LogP contribution in [-0.4, -0.2) is 40.8 Å². The Hall–Kier alpha value is -1.82. The van der Waals surface area contributed by atoms with Crippen molar-refractivity contribution < 1.29 is 9.53 Å². The van der Waals surface area contributed by atoms with Gasteiger partial charge in [-0.1, -0.05) is 18.2 Å². The van der Waals surface area contributed by atoms with Crippen LogP contribution >= 0.6 is 12.2 Å². The van der Waals surface area contributed by atoms with Crippen molar-refractivity contribution in [3.05, 3.63) is 30.3 Å². The maximum Gasteiger partial charge on any atom is 0.410 e. The molecular formula is C17H25N3O2S. The lowest BCUT2D eigenvalue weighted by atomic mass is 10.1. The molecule has 2 N–H and O–H groups in total. The molecule has 0 unspecified atom stereocenters. The molecule has 23 heavy (non-hydrogen) atoms. The monoisotopic (exact) mass is 335 g/mol. The lowest BCUT2D eigenvalue weighted by Crippen LogP contribution is -2.48. The van der Waals surface area contributed by atoms with Gasteiger partial charge in [-0.15, -0.1) is 0 Å². The molecule has 126 valence electrons. The Labute approximate surface area is 143 Å². The molecule has 2 rings (SSSR count). The second-order valence-corrected chi connectivity index (χ2v) is 7.11. The highest BCUT2D eigenvalue weighted by molar-refractivity contribution is 7.80. The number of nitrogens with one attached hydrogen (secondary N) is 2. The number of nitrogens with zero attached hydrogens (tertiary/aromatic N) is 1. The Morgan fingerprint density at radius 2 is 1.83 bits per heavy atom. The predicted molar refractivity (Wildman–Crippen MR) is 96.6 cm³/mol. The molecule has 1 aromatic rings. The fraction of sp³-hybridized carbons (Fsp3) is 0.529. The summed E-state index contributed by atoms with van der Waals surface area (Å²) < 4.78 is 5.40. The molecule has 1 fully saturated rings. The third-order valence-electron chi connectivity index (χ3n) is 3.51. The van der Waals surface area contributed by atoms with Crippen LogP contribution in [0.15, 0.2) is 30.3 Å². The highest BCUT2D eigenvalue weighted by Crippen LogP contribution is 2.15. The Morgan fingerprint density at radius 1 is 1.22 bits per heavy atom. The predicted octanol–water partition coefficient (Wildman–Crippen LogP) is 3.37. The van der Waals surface area contributed by atoms with Gasteiger partial charge in [-0.25, -0.2) is 4.79 Å². The SMILES string of the molecule is CC(C)(C)OC(=O)N1CCC(NC(=S)Nc2ccccc2)CC1. The quantitative estimate of drug-likeness (QED) is 0.812. The average molecular weight is 335 g/mol. The van der Waals surface area contributed by atoms with Crippen LogP contribution in [0.25, 0.3) is 0 Å². The zero-order valence-electron chi connectivity index (χ0n) is 14.0. The first kappa shape index (κ1) is 17.5. The van der Waals surface area contributed by atoms with Crippen molar-refractivity contribution in [1.82, 2.24) is 10.2 Å². The van der Waals surface area contributed by atoms with Crippen molar-refractivity contribution in [2.45, 2.75) is 45.3 Å². The number of amides is 1. The van der Waals surface area contributed by atoms with E-state index in [0.717, 1.165) is 18.5 Å². The number of para-hydroxylation sites is 1. The van der Waals surface area contributed by atoms with Crippen LogP contribution in [0.2, 0.25) is 0 Å². The molecule has 6 heteroatoms. The largest absolute Gasteiger partial charge is 0.444 e. The molecule has 0 bridgehead atoms. The Kier molecular flexibility index (Phi) is 5.82. The van der Waals surface area contributed by atoms with Gasteiger partial charge >= 0.3 is 6.09 Å². The second-order valence-electron chi connectivity index (χ2n) is 6.71. The van der Waals surface area contributed by atoms with Crippen LogP contribution in [0.3, 0.4) is 0 Å². The van der Waals surface area contributed by atoms with E-state index in [-0.39, 0.29) is 12.1 Å². The molecule has 0 aromatic heterocycles. The minimum atomic E-state index is -0.451. The van der Waals surface area contributed by atoms with E-state index in [4.69, 9.17) is 17.0 Å². The maximum absolute atomic E-state index is 12.0. The third-order valence-corrected chi connectivity index (χ3v) is 3.73. The smallest absolute Gasteiger partial charge is 0.410 e. The van der Waals surface area contributed by atoms with Gasteiger partial charge in [0.25, 0.3) is 0 Å². The number of hydrogen-bond donors (Lipinski definition) is 2. The molecule has 0 radical (unpaired) electrons. The fourth-order valence-corrected chi connectivity index (χ4v) is 2.69. The molecule has 5 nitrogen and oxygen atoms in total. The number of ether oxygens (including phenoxy) is 1. The highest BCUT2D eigenvalue weighted by Gasteiger charge is 2.26. The lowest BCUT2D eigenvalue weighted by molar-refractivity contribution is 0.0203. The van der Waals surface area contributed by atoms with E-state index in [0.29, 0.717) is 18.2 Å². The standard InChI is InChI=1S/C17H25N3O2S/c1-17(2,3)22-16(21)20-11-9-14(10-12-20)19-15(23)18-13-7-5-4-6-8-13/h4-8,14H,9-12H2,1-3H3,(H2,18,19,23). The zero-order valence-corrected chi connectivity index (χ0v) is 14.8. The van der Waals surface area contributed by atoms with Crippen molar-refractivity contribution in [3.63, 3.8) is 0 Å². The number of hydrogen-bond acceptors (Lipinski definition) is 3. The van der Waals surface area contributed by atoms with Gasteiger partial charge in [0, 0.05) is 24.8 Å². The second kappa shape index (κ2) is 7.64. The van der Waals surface area contributed by atoms with Crippen molar-refractivity contribution in [2.75, 3.05) is 18.4 Å². The lowest BCUT2D eigenvalue weighted by Gasteiger charge is -2.34. The zero-order chi connectivity index (χ0) is 16.9. The first-order valence-electron chi connectivity index (χ1n) is 7.94. The number of piperidine rings is 1. The molecule has 1 aliphatic heterocycles. The molecule has 1 saturated heterocycles. The number of rotatable bonds is 2. The number of thiocarbonyl (C=S) groups is 1. The summed E-state index contributed by atoms with van der Waals surface area (Å²) in [6.07, 6.45) is 1.48. The van der Waals surface area contributed by atoms with Gasteiger partial charge in [0.05, 0.1) is 0 Å². The van der Waals surface area contributed by atoms with Gasteiger partial charge in [0.2, 0.25) is 0 Å². The molecule has 0 saturated carbocycles. The highest BCUT2D eigenvalue weighted by atomic mass is 32.1. The van der Waals surface area contributed by atoms with Crippen molar-refractivity contribution in [1.29, 1.82) is 0 Å². The third kappa shape index (κ3) is 6.06. The summed E-state index contributed by atoms with van der Waals surface area (Å²) in [4.78, 5) is 13.8. The summed E-state index contributed by atoms with van der Waals surface area (Å²) in [5, 5.41) is 7.10. The molecule has 1 heterocycles. The molecule has 1 aromatic carbocycles. The van der Waals surface area contributed by atoms with Gasteiger partial charge in [0.1, 0.15) is 5.60 Å². The van der Waals surface area contributed by atoms with Crippen LogP contribution in [0.5, 0.6) is 0 Å². The normalized spacial score (nSPS) is 15.9. The number of anilines is 1. The summed E-state index contributed by atoms with van der Waals surface area (Å²) in [7, 11) is 0. The van der Waals surface area contributed by atoms with Gasteiger partial charge < -0.3 is 20.3 Å². The topological polar surface area (TPSA) is 53.6 Å².